The molecule has 5 heteroatoms. The first-order chi connectivity index (χ1) is 9.90. The van der Waals surface area contributed by atoms with Crippen LogP contribution in [0.4, 0.5) is 5.69 Å². The van der Waals surface area contributed by atoms with Gasteiger partial charge in [0.05, 0.1) is 0 Å². The van der Waals surface area contributed by atoms with Gasteiger partial charge in [-0.2, -0.15) is 0 Å². The van der Waals surface area contributed by atoms with E-state index in [1.807, 2.05) is 13.8 Å². The van der Waals surface area contributed by atoms with E-state index in [0.29, 0.717) is 5.69 Å². The van der Waals surface area contributed by atoms with Gasteiger partial charge in [0, 0.05) is 17.8 Å². The summed E-state index contributed by atoms with van der Waals surface area (Å²) in [6, 6.07) is 4.81. The number of aryl methyl sites for hydroxylation is 1. The molecule has 0 bridgehead atoms. The van der Waals surface area contributed by atoms with Crippen LogP contribution in [0.3, 0.4) is 0 Å². The van der Waals surface area contributed by atoms with Gasteiger partial charge in [-0.3, -0.25) is 9.59 Å². The third kappa shape index (κ3) is 3.35. The zero-order chi connectivity index (χ0) is 15.6. The number of hydrogen-bond donors (Lipinski definition) is 2. The Labute approximate surface area is 125 Å². The van der Waals surface area contributed by atoms with Crippen molar-refractivity contribution in [2.45, 2.75) is 52.1 Å². The number of benzene rings is 1. The molecular weight excluding hydrogens is 268 g/mol. The quantitative estimate of drug-likeness (QED) is 0.616. The summed E-state index contributed by atoms with van der Waals surface area (Å²) in [7, 11) is 0. The summed E-state index contributed by atoms with van der Waals surface area (Å²) in [6.45, 7) is 5.73. The lowest BCUT2D eigenvalue weighted by atomic mass is 9.97. The van der Waals surface area contributed by atoms with Gasteiger partial charge in [0.1, 0.15) is 5.75 Å². The molecule has 2 N–H and O–H groups in total. The number of nitrogens with zero attached hydrogens (tertiary/aromatic N) is 1. The van der Waals surface area contributed by atoms with E-state index in [2.05, 4.69) is 5.32 Å². The second kappa shape index (κ2) is 6.16. The Morgan fingerprint density at radius 3 is 2.43 bits per heavy atom. The standard InChI is InChI=1S/C16H22N2O3/c1-10-9-13(19)7-8-14(10)17-15(20)16(21)18-11(2)5-4-6-12(18)3/h7-9,11-12,19H,4-6H2,1-3H3,(H,17,20). The Kier molecular flexibility index (Phi) is 4.50. The van der Waals surface area contributed by atoms with Crippen LogP contribution in [0, 0.1) is 6.92 Å². The van der Waals surface area contributed by atoms with E-state index >= 15 is 0 Å². The van der Waals surface area contributed by atoms with Crippen molar-refractivity contribution in [3.63, 3.8) is 0 Å². The van der Waals surface area contributed by atoms with Crippen molar-refractivity contribution >= 4 is 17.5 Å². The molecule has 1 fully saturated rings. The van der Waals surface area contributed by atoms with Crippen LogP contribution in [0.5, 0.6) is 5.75 Å². The molecule has 2 amide bonds. The number of phenols is 1. The fraction of sp³-hybridized carbons (Fsp3) is 0.500. The smallest absolute Gasteiger partial charge is 0.313 e. The molecule has 5 nitrogen and oxygen atoms in total. The molecule has 1 aliphatic rings. The number of amides is 2. The Morgan fingerprint density at radius 1 is 1.24 bits per heavy atom. The third-order valence-electron chi connectivity index (χ3n) is 4.08. The number of nitrogens with one attached hydrogen (secondary N) is 1. The third-order valence-corrected chi connectivity index (χ3v) is 4.08. The summed E-state index contributed by atoms with van der Waals surface area (Å²) >= 11 is 0. The molecule has 1 saturated heterocycles. The van der Waals surface area contributed by atoms with Crippen molar-refractivity contribution in [1.82, 2.24) is 4.90 Å². The summed E-state index contributed by atoms with van der Waals surface area (Å²) in [5.41, 5.74) is 1.26. The number of carbonyl (C=O) groups is 2. The molecule has 0 aliphatic carbocycles. The van der Waals surface area contributed by atoms with Gasteiger partial charge in [0.25, 0.3) is 0 Å². The highest BCUT2D eigenvalue weighted by Crippen LogP contribution is 2.24. The minimum absolute atomic E-state index is 0.0907. The Balaban J connectivity index is 2.10. The lowest BCUT2D eigenvalue weighted by Gasteiger charge is -2.38. The normalized spacial score (nSPS) is 22.0. The largest absolute Gasteiger partial charge is 0.508 e. The van der Waals surface area contributed by atoms with Gasteiger partial charge in [0.2, 0.25) is 0 Å². The zero-order valence-corrected chi connectivity index (χ0v) is 12.7. The van der Waals surface area contributed by atoms with Gasteiger partial charge in [-0.15, -0.1) is 0 Å². The lowest BCUT2D eigenvalue weighted by Crippen LogP contribution is -2.51. The van der Waals surface area contributed by atoms with Gasteiger partial charge in [-0.1, -0.05) is 0 Å². The van der Waals surface area contributed by atoms with Crippen LogP contribution >= 0.6 is 0 Å². The van der Waals surface area contributed by atoms with Crippen molar-refractivity contribution in [2.24, 2.45) is 0 Å². The maximum Gasteiger partial charge on any atom is 0.313 e. The van der Waals surface area contributed by atoms with Crippen LogP contribution in [-0.2, 0) is 9.59 Å². The summed E-state index contributed by atoms with van der Waals surface area (Å²) in [5, 5.41) is 12.0. The summed E-state index contributed by atoms with van der Waals surface area (Å²) in [4.78, 5) is 26.2. The van der Waals surface area contributed by atoms with E-state index in [-0.39, 0.29) is 17.8 Å². The number of piperidine rings is 1. The Morgan fingerprint density at radius 2 is 1.86 bits per heavy atom. The van der Waals surface area contributed by atoms with Gasteiger partial charge in [-0.05, 0) is 63.8 Å². The number of phenolic OH excluding ortho intramolecular Hbond substituents is 1. The highest BCUT2D eigenvalue weighted by Gasteiger charge is 2.32. The monoisotopic (exact) mass is 290 g/mol. The predicted molar refractivity (Wildman–Crippen MR) is 81.1 cm³/mol. The summed E-state index contributed by atoms with van der Waals surface area (Å²) in [6.07, 6.45) is 2.95. The molecule has 21 heavy (non-hydrogen) atoms. The van der Waals surface area contributed by atoms with E-state index in [4.69, 9.17) is 0 Å². The predicted octanol–water partition coefficient (Wildman–Crippen LogP) is 2.43. The molecule has 1 aromatic carbocycles. The number of carbonyl (C=O) groups excluding carboxylic acids is 2. The molecule has 1 aromatic rings. The van der Waals surface area contributed by atoms with E-state index in [1.54, 1.807) is 24.0 Å². The van der Waals surface area contributed by atoms with Crippen LogP contribution in [-0.4, -0.2) is 33.9 Å². The number of likely N-dealkylation sites (tertiary alicyclic amines) is 1. The van der Waals surface area contributed by atoms with E-state index in [1.165, 1.54) is 6.07 Å². The second-order valence-corrected chi connectivity index (χ2v) is 5.79. The lowest BCUT2D eigenvalue weighted by molar-refractivity contribution is -0.147. The first-order valence-corrected chi connectivity index (χ1v) is 7.33. The van der Waals surface area contributed by atoms with Crippen molar-refractivity contribution in [3.8, 4) is 5.75 Å². The van der Waals surface area contributed by atoms with Gasteiger partial charge in [0.15, 0.2) is 0 Å². The van der Waals surface area contributed by atoms with Crippen LogP contribution in [0.15, 0.2) is 18.2 Å². The molecule has 0 saturated carbocycles. The zero-order valence-electron chi connectivity index (χ0n) is 12.7. The minimum Gasteiger partial charge on any atom is -0.508 e. The average molecular weight is 290 g/mol. The van der Waals surface area contributed by atoms with Gasteiger partial charge < -0.3 is 15.3 Å². The van der Waals surface area contributed by atoms with Crippen LogP contribution < -0.4 is 5.32 Å². The van der Waals surface area contributed by atoms with Gasteiger partial charge >= 0.3 is 11.8 Å². The topological polar surface area (TPSA) is 69.6 Å². The molecule has 0 radical (unpaired) electrons. The SMILES string of the molecule is Cc1cc(O)ccc1NC(=O)C(=O)N1C(C)CCCC1C. The maximum absolute atomic E-state index is 12.4. The Hall–Kier alpha value is -2.04. The van der Waals surface area contributed by atoms with Crippen LogP contribution in [0.2, 0.25) is 0 Å². The summed E-state index contributed by atoms with van der Waals surface area (Å²) < 4.78 is 0. The van der Waals surface area contributed by atoms with Gasteiger partial charge in [-0.25, -0.2) is 0 Å². The van der Waals surface area contributed by atoms with Crippen molar-refractivity contribution < 1.29 is 14.7 Å². The molecule has 114 valence electrons. The molecule has 1 aliphatic heterocycles. The summed E-state index contributed by atoms with van der Waals surface area (Å²) in [5.74, 6) is -0.971. The fourth-order valence-electron chi connectivity index (χ4n) is 2.90. The first-order valence-electron chi connectivity index (χ1n) is 7.33. The molecule has 0 spiro atoms. The molecule has 2 unspecified atom stereocenters. The van der Waals surface area contributed by atoms with E-state index in [0.717, 1.165) is 24.8 Å². The number of rotatable bonds is 1. The van der Waals surface area contributed by atoms with Crippen LogP contribution in [0.25, 0.3) is 0 Å². The minimum atomic E-state index is -0.621. The molecule has 0 aromatic heterocycles. The van der Waals surface area contributed by atoms with Crippen molar-refractivity contribution in [3.05, 3.63) is 23.8 Å². The average Bonchev–Trinajstić information content (AvgIpc) is 2.41. The number of anilines is 1. The molecule has 2 atom stereocenters. The van der Waals surface area contributed by atoms with E-state index in [9.17, 15) is 14.7 Å². The highest BCUT2D eigenvalue weighted by molar-refractivity contribution is 6.39. The molecular formula is C16H22N2O3. The maximum atomic E-state index is 12.4. The highest BCUT2D eigenvalue weighted by atomic mass is 16.3. The van der Waals surface area contributed by atoms with E-state index < -0.39 is 11.8 Å². The number of hydrogen-bond acceptors (Lipinski definition) is 3. The number of aromatic hydroxyl groups is 1. The van der Waals surface area contributed by atoms with Crippen LogP contribution in [0.1, 0.15) is 38.7 Å². The molecule has 1 heterocycles. The fourth-order valence-corrected chi connectivity index (χ4v) is 2.90. The first kappa shape index (κ1) is 15.4. The Bertz CT molecular complexity index is 546. The molecule has 2 rings (SSSR count). The van der Waals surface area contributed by atoms with Crippen molar-refractivity contribution in [2.75, 3.05) is 5.32 Å². The second-order valence-electron chi connectivity index (χ2n) is 5.79. The van der Waals surface area contributed by atoms with Crippen molar-refractivity contribution in [1.29, 1.82) is 0 Å².